The molecule has 17 heavy (non-hydrogen) atoms. The lowest BCUT2D eigenvalue weighted by molar-refractivity contribution is 0.624. The van der Waals surface area contributed by atoms with E-state index < -0.39 is 0 Å². The minimum Gasteiger partial charge on any atom is -0.343 e. The highest BCUT2D eigenvalue weighted by atomic mass is 35.5. The summed E-state index contributed by atoms with van der Waals surface area (Å²) in [5, 5.41) is 4.17. The molecule has 0 bridgehead atoms. The summed E-state index contributed by atoms with van der Waals surface area (Å²) in [6.07, 6.45) is 2.38. The van der Waals surface area contributed by atoms with Gasteiger partial charge in [0.1, 0.15) is 11.5 Å². The SMILES string of the molecule is Cl.Cl.Fc1cnc2[nH]c(C3CCNC3)cc2c1. The normalized spacial score (nSPS) is 18.8. The minimum atomic E-state index is -0.280. The van der Waals surface area contributed by atoms with Crippen molar-refractivity contribution in [3.63, 3.8) is 0 Å². The van der Waals surface area contributed by atoms with E-state index in [1.165, 1.54) is 12.3 Å². The van der Waals surface area contributed by atoms with Gasteiger partial charge < -0.3 is 10.3 Å². The first-order valence-electron chi connectivity index (χ1n) is 5.18. The van der Waals surface area contributed by atoms with Gasteiger partial charge in [-0.05, 0) is 25.1 Å². The third-order valence-corrected chi connectivity index (χ3v) is 2.96. The standard InChI is InChI=1S/C11H12FN3.2ClH/c12-9-3-8-4-10(7-1-2-13-5-7)15-11(8)14-6-9;;/h3-4,6-7,13H,1-2,5H2,(H,14,15);2*1H. The van der Waals surface area contributed by atoms with Crippen molar-refractivity contribution in [2.24, 2.45) is 0 Å². The van der Waals surface area contributed by atoms with Crippen LogP contribution >= 0.6 is 24.8 Å². The van der Waals surface area contributed by atoms with Crippen LogP contribution in [0.5, 0.6) is 0 Å². The molecule has 2 aromatic rings. The summed E-state index contributed by atoms with van der Waals surface area (Å²) < 4.78 is 12.9. The van der Waals surface area contributed by atoms with Crippen molar-refractivity contribution >= 4 is 35.8 Å². The number of halogens is 3. The molecule has 1 saturated heterocycles. The van der Waals surface area contributed by atoms with Crippen LogP contribution in [0.25, 0.3) is 11.0 Å². The summed E-state index contributed by atoms with van der Waals surface area (Å²) in [6, 6.07) is 3.52. The molecule has 0 aliphatic carbocycles. The Morgan fingerprint density at radius 1 is 1.29 bits per heavy atom. The molecule has 3 heterocycles. The molecule has 6 heteroatoms. The van der Waals surface area contributed by atoms with Gasteiger partial charge in [-0.1, -0.05) is 0 Å². The number of nitrogens with one attached hydrogen (secondary N) is 2. The van der Waals surface area contributed by atoms with E-state index in [-0.39, 0.29) is 30.6 Å². The first-order valence-corrected chi connectivity index (χ1v) is 5.18. The van der Waals surface area contributed by atoms with Gasteiger partial charge in [0.05, 0.1) is 6.20 Å². The highest BCUT2D eigenvalue weighted by Crippen LogP contribution is 2.24. The van der Waals surface area contributed by atoms with Crippen LogP contribution in [0.15, 0.2) is 18.3 Å². The summed E-state index contributed by atoms with van der Waals surface area (Å²) in [7, 11) is 0. The maximum absolute atomic E-state index is 12.9. The fourth-order valence-electron chi connectivity index (χ4n) is 2.15. The Morgan fingerprint density at radius 3 is 2.82 bits per heavy atom. The predicted molar refractivity (Wildman–Crippen MR) is 70.8 cm³/mol. The average molecular weight is 278 g/mol. The van der Waals surface area contributed by atoms with Crippen molar-refractivity contribution < 1.29 is 4.39 Å². The maximum atomic E-state index is 12.9. The van der Waals surface area contributed by atoms with Crippen molar-refractivity contribution in [3.8, 4) is 0 Å². The number of rotatable bonds is 1. The first kappa shape index (κ1) is 14.2. The Balaban J connectivity index is 0.000000722. The molecular formula is C11H14Cl2FN3. The van der Waals surface area contributed by atoms with Gasteiger partial charge in [-0.25, -0.2) is 9.37 Å². The van der Waals surface area contributed by atoms with Gasteiger partial charge in [-0.2, -0.15) is 0 Å². The topological polar surface area (TPSA) is 40.7 Å². The summed E-state index contributed by atoms with van der Waals surface area (Å²) >= 11 is 0. The molecule has 0 aromatic carbocycles. The number of hydrogen-bond acceptors (Lipinski definition) is 2. The molecule has 1 unspecified atom stereocenters. The van der Waals surface area contributed by atoms with E-state index in [9.17, 15) is 4.39 Å². The predicted octanol–water partition coefficient (Wildman–Crippen LogP) is 2.62. The van der Waals surface area contributed by atoms with Crippen LogP contribution in [0.3, 0.4) is 0 Å². The summed E-state index contributed by atoms with van der Waals surface area (Å²) in [5.74, 6) is 0.236. The van der Waals surface area contributed by atoms with E-state index in [0.29, 0.717) is 5.92 Å². The largest absolute Gasteiger partial charge is 0.343 e. The van der Waals surface area contributed by atoms with Gasteiger partial charge in [0.2, 0.25) is 0 Å². The Morgan fingerprint density at radius 2 is 2.12 bits per heavy atom. The second-order valence-electron chi connectivity index (χ2n) is 4.01. The van der Waals surface area contributed by atoms with Gasteiger partial charge in [-0.3, -0.25) is 0 Å². The smallest absolute Gasteiger partial charge is 0.142 e. The quantitative estimate of drug-likeness (QED) is 0.842. The molecule has 1 fully saturated rings. The molecule has 0 spiro atoms. The Bertz CT molecular complexity index is 494. The van der Waals surface area contributed by atoms with E-state index in [0.717, 1.165) is 36.2 Å². The number of aromatic amines is 1. The monoisotopic (exact) mass is 277 g/mol. The van der Waals surface area contributed by atoms with E-state index in [2.05, 4.69) is 15.3 Å². The van der Waals surface area contributed by atoms with Crippen molar-refractivity contribution in [2.75, 3.05) is 13.1 Å². The fraction of sp³-hybridized carbons (Fsp3) is 0.364. The average Bonchev–Trinajstić information content (AvgIpc) is 2.84. The molecule has 0 radical (unpaired) electrons. The lowest BCUT2D eigenvalue weighted by Crippen LogP contribution is -2.07. The first-order chi connectivity index (χ1) is 7.33. The third kappa shape index (κ3) is 2.70. The maximum Gasteiger partial charge on any atom is 0.142 e. The van der Waals surface area contributed by atoms with Crippen LogP contribution in [0.2, 0.25) is 0 Å². The fourth-order valence-corrected chi connectivity index (χ4v) is 2.15. The second-order valence-corrected chi connectivity index (χ2v) is 4.01. The summed E-state index contributed by atoms with van der Waals surface area (Å²) in [5.41, 5.74) is 1.94. The number of pyridine rings is 1. The van der Waals surface area contributed by atoms with Crippen molar-refractivity contribution in [3.05, 3.63) is 29.8 Å². The zero-order valence-corrected chi connectivity index (χ0v) is 10.7. The van der Waals surface area contributed by atoms with E-state index in [4.69, 9.17) is 0 Å². The molecule has 2 aromatic heterocycles. The molecule has 1 aliphatic rings. The van der Waals surface area contributed by atoms with Gasteiger partial charge in [0.15, 0.2) is 0 Å². The minimum absolute atomic E-state index is 0. The van der Waals surface area contributed by atoms with Gasteiger partial charge in [0.25, 0.3) is 0 Å². The van der Waals surface area contributed by atoms with E-state index in [1.807, 2.05) is 6.07 Å². The van der Waals surface area contributed by atoms with Crippen molar-refractivity contribution in [1.29, 1.82) is 0 Å². The Kier molecular flexibility index (Phi) is 4.74. The van der Waals surface area contributed by atoms with Crippen LogP contribution in [0.1, 0.15) is 18.0 Å². The lowest BCUT2D eigenvalue weighted by atomic mass is 10.1. The van der Waals surface area contributed by atoms with E-state index >= 15 is 0 Å². The van der Waals surface area contributed by atoms with Gasteiger partial charge in [0, 0.05) is 23.5 Å². The van der Waals surface area contributed by atoms with Gasteiger partial charge in [-0.15, -0.1) is 24.8 Å². The number of hydrogen-bond donors (Lipinski definition) is 2. The van der Waals surface area contributed by atoms with Crippen LogP contribution in [0, 0.1) is 5.82 Å². The van der Waals surface area contributed by atoms with Crippen LogP contribution in [-0.4, -0.2) is 23.1 Å². The molecular weight excluding hydrogens is 264 g/mol. The molecule has 3 nitrogen and oxygen atoms in total. The third-order valence-electron chi connectivity index (χ3n) is 2.96. The summed E-state index contributed by atoms with van der Waals surface area (Å²) in [6.45, 7) is 2.05. The number of nitrogens with zero attached hydrogens (tertiary/aromatic N) is 1. The number of H-pyrrole nitrogens is 1. The lowest BCUT2D eigenvalue weighted by Gasteiger charge is -2.03. The molecule has 2 N–H and O–H groups in total. The second kappa shape index (κ2) is 5.67. The van der Waals surface area contributed by atoms with E-state index in [1.54, 1.807) is 0 Å². The molecule has 3 rings (SSSR count). The highest BCUT2D eigenvalue weighted by Gasteiger charge is 2.18. The Hall–Kier alpha value is -0.840. The molecule has 1 atom stereocenters. The zero-order chi connectivity index (χ0) is 10.3. The Labute approximate surface area is 111 Å². The molecule has 1 aliphatic heterocycles. The van der Waals surface area contributed by atoms with Crippen LogP contribution in [-0.2, 0) is 0 Å². The van der Waals surface area contributed by atoms with Crippen molar-refractivity contribution in [1.82, 2.24) is 15.3 Å². The number of fused-ring (bicyclic) bond motifs is 1. The van der Waals surface area contributed by atoms with Crippen molar-refractivity contribution in [2.45, 2.75) is 12.3 Å². The van der Waals surface area contributed by atoms with Crippen LogP contribution in [0.4, 0.5) is 4.39 Å². The van der Waals surface area contributed by atoms with Crippen LogP contribution < -0.4 is 5.32 Å². The number of aromatic nitrogens is 2. The summed E-state index contributed by atoms with van der Waals surface area (Å²) in [4.78, 5) is 7.27. The highest BCUT2D eigenvalue weighted by molar-refractivity contribution is 5.85. The molecule has 0 amide bonds. The zero-order valence-electron chi connectivity index (χ0n) is 9.07. The molecule has 94 valence electrons. The molecule has 0 saturated carbocycles. The van der Waals surface area contributed by atoms with Gasteiger partial charge >= 0.3 is 0 Å².